The van der Waals surface area contributed by atoms with Crippen LogP contribution < -0.4 is 10.6 Å². The smallest absolute Gasteiger partial charge is 0.329 e. The minimum atomic E-state index is -1.24. The Hall–Kier alpha value is -2.44. The molecule has 7 heteroatoms. The van der Waals surface area contributed by atoms with Crippen molar-refractivity contribution in [2.45, 2.75) is 31.2 Å². The van der Waals surface area contributed by atoms with E-state index >= 15 is 0 Å². The average Bonchev–Trinajstić information content (AvgIpc) is 2.94. The lowest BCUT2D eigenvalue weighted by molar-refractivity contribution is -0.147. The highest BCUT2D eigenvalue weighted by Crippen LogP contribution is 2.29. The Bertz CT molecular complexity index is 597. The topological polar surface area (TPSA) is 95.5 Å². The highest BCUT2D eigenvalue weighted by molar-refractivity contribution is 5.97. The van der Waals surface area contributed by atoms with Crippen LogP contribution in [0.4, 0.5) is 4.39 Å². The van der Waals surface area contributed by atoms with Crippen molar-refractivity contribution < 1.29 is 23.9 Å². The summed E-state index contributed by atoms with van der Waals surface area (Å²) < 4.78 is 13.0. The van der Waals surface area contributed by atoms with Gasteiger partial charge in [-0.3, -0.25) is 9.59 Å². The number of amides is 2. The number of rotatable bonds is 5. The van der Waals surface area contributed by atoms with Gasteiger partial charge in [0.05, 0.1) is 6.54 Å². The Balaban J connectivity index is 1.90. The summed E-state index contributed by atoms with van der Waals surface area (Å²) >= 11 is 0. The van der Waals surface area contributed by atoms with E-state index in [9.17, 15) is 23.9 Å². The number of halogens is 1. The lowest BCUT2D eigenvalue weighted by Gasteiger charge is -2.25. The molecule has 1 fully saturated rings. The summed E-state index contributed by atoms with van der Waals surface area (Å²) in [7, 11) is 0. The molecule has 118 valence electrons. The van der Waals surface area contributed by atoms with Crippen LogP contribution in [0, 0.1) is 5.82 Å². The molecular weight excluding hydrogens is 291 g/mol. The lowest BCUT2D eigenvalue weighted by Crippen LogP contribution is -2.54. The van der Waals surface area contributed by atoms with E-state index in [4.69, 9.17) is 0 Å². The van der Waals surface area contributed by atoms with E-state index in [1.54, 1.807) is 0 Å². The predicted molar refractivity (Wildman–Crippen MR) is 75.7 cm³/mol. The van der Waals surface area contributed by atoms with Crippen LogP contribution in [0.1, 0.15) is 36.0 Å². The van der Waals surface area contributed by atoms with Crippen LogP contribution in [0.2, 0.25) is 0 Å². The van der Waals surface area contributed by atoms with Crippen molar-refractivity contribution in [2.75, 3.05) is 6.54 Å². The van der Waals surface area contributed by atoms with Gasteiger partial charge >= 0.3 is 5.97 Å². The van der Waals surface area contributed by atoms with Crippen LogP contribution in [0.3, 0.4) is 0 Å². The molecule has 0 heterocycles. The standard InChI is InChI=1S/C15H17FN2O4/c16-11-5-3-4-10(8-11)13(20)17-9-12(19)18-15(14(21)22)6-1-2-7-15/h3-5,8H,1-2,6-7,9H2,(H,17,20)(H,18,19)(H,21,22). The number of hydrogen-bond acceptors (Lipinski definition) is 3. The van der Waals surface area contributed by atoms with Crippen LogP contribution in [0.15, 0.2) is 24.3 Å². The van der Waals surface area contributed by atoms with E-state index in [0.717, 1.165) is 18.9 Å². The molecule has 0 unspecified atom stereocenters. The molecule has 2 rings (SSSR count). The Morgan fingerprint density at radius 2 is 1.91 bits per heavy atom. The fourth-order valence-electron chi connectivity index (χ4n) is 2.57. The first kappa shape index (κ1) is 15.9. The van der Waals surface area contributed by atoms with E-state index in [1.165, 1.54) is 18.2 Å². The second-order valence-electron chi connectivity index (χ2n) is 5.34. The quantitative estimate of drug-likeness (QED) is 0.758. The molecule has 1 aliphatic rings. The van der Waals surface area contributed by atoms with E-state index in [2.05, 4.69) is 10.6 Å². The van der Waals surface area contributed by atoms with Crippen LogP contribution >= 0.6 is 0 Å². The molecule has 1 aromatic rings. The SMILES string of the molecule is O=C(CNC(=O)c1cccc(F)c1)NC1(C(=O)O)CCCC1. The van der Waals surface area contributed by atoms with Crippen molar-refractivity contribution in [3.8, 4) is 0 Å². The molecule has 6 nitrogen and oxygen atoms in total. The second-order valence-corrected chi connectivity index (χ2v) is 5.34. The van der Waals surface area contributed by atoms with Crippen molar-refractivity contribution in [2.24, 2.45) is 0 Å². The molecule has 1 saturated carbocycles. The number of nitrogens with one attached hydrogen (secondary N) is 2. The number of benzene rings is 1. The summed E-state index contributed by atoms with van der Waals surface area (Å²) in [6.07, 6.45) is 2.24. The Kier molecular flexibility index (Phi) is 4.75. The first-order valence-electron chi connectivity index (χ1n) is 7.01. The fraction of sp³-hybridized carbons (Fsp3) is 0.400. The van der Waals surface area contributed by atoms with Gasteiger partial charge in [0.2, 0.25) is 5.91 Å². The molecule has 1 aromatic carbocycles. The number of carbonyl (C=O) groups is 3. The van der Waals surface area contributed by atoms with Crippen LogP contribution in [0.25, 0.3) is 0 Å². The van der Waals surface area contributed by atoms with Gasteiger partial charge in [-0.2, -0.15) is 0 Å². The summed E-state index contributed by atoms with van der Waals surface area (Å²) in [5, 5.41) is 14.1. The van der Waals surface area contributed by atoms with E-state index < -0.39 is 29.1 Å². The van der Waals surface area contributed by atoms with Crippen molar-refractivity contribution in [1.29, 1.82) is 0 Å². The molecule has 2 amide bonds. The molecule has 0 spiro atoms. The fourth-order valence-corrected chi connectivity index (χ4v) is 2.57. The largest absolute Gasteiger partial charge is 0.480 e. The molecule has 3 N–H and O–H groups in total. The normalized spacial score (nSPS) is 16.0. The second kappa shape index (κ2) is 6.55. The van der Waals surface area contributed by atoms with Crippen molar-refractivity contribution in [1.82, 2.24) is 10.6 Å². The molecule has 0 radical (unpaired) electrons. The molecule has 0 aliphatic heterocycles. The van der Waals surface area contributed by atoms with Crippen molar-refractivity contribution in [3.63, 3.8) is 0 Å². The molecule has 0 atom stereocenters. The van der Waals surface area contributed by atoms with E-state index in [1.807, 2.05) is 0 Å². The average molecular weight is 308 g/mol. The molecular formula is C15H17FN2O4. The number of carboxylic acid groups (broad SMARTS) is 1. The Labute approximate surface area is 126 Å². The third kappa shape index (κ3) is 3.60. The maximum absolute atomic E-state index is 13.0. The molecule has 0 saturated heterocycles. The van der Waals surface area contributed by atoms with Crippen LogP contribution in [-0.4, -0.2) is 35.0 Å². The first-order chi connectivity index (χ1) is 10.4. The van der Waals surface area contributed by atoms with E-state index in [0.29, 0.717) is 12.8 Å². The number of hydrogen-bond donors (Lipinski definition) is 3. The number of aliphatic carboxylic acids is 1. The Morgan fingerprint density at radius 3 is 2.50 bits per heavy atom. The molecule has 0 bridgehead atoms. The molecule has 0 aromatic heterocycles. The highest BCUT2D eigenvalue weighted by Gasteiger charge is 2.42. The lowest BCUT2D eigenvalue weighted by atomic mass is 9.98. The maximum atomic E-state index is 13.0. The monoisotopic (exact) mass is 308 g/mol. The van der Waals surface area contributed by atoms with Gasteiger partial charge in [-0.25, -0.2) is 9.18 Å². The van der Waals surface area contributed by atoms with Gasteiger partial charge in [-0.1, -0.05) is 18.9 Å². The summed E-state index contributed by atoms with van der Waals surface area (Å²) in [6.45, 7) is -0.357. The molecule has 22 heavy (non-hydrogen) atoms. The van der Waals surface area contributed by atoms with Crippen molar-refractivity contribution in [3.05, 3.63) is 35.6 Å². The third-order valence-electron chi connectivity index (χ3n) is 3.74. The van der Waals surface area contributed by atoms with Gasteiger partial charge in [-0.15, -0.1) is 0 Å². The van der Waals surface area contributed by atoms with Crippen LogP contribution in [0.5, 0.6) is 0 Å². The zero-order valence-electron chi connectivity index (χ0n) is 11.9. The van der Waals surface area contributed by atoms with Crippen LogP contribution in [-0.2, 0) is 9.59 Å². The minimum Gasteiger partial charge on any atom is -0.480 e. The van der Waals surface area contributed by atoms with Gasteiger partial charge in [0, 0.05) is 5.56 Å². The van der Waals surface area contributed by atoms with Gasteiger partial charge < -0.3 is 15.7 Å². The summed E-state index contributed by atoms with van der Waals surface area (Å²) in [6, 6.07) is 5.08. The minimum absolute atomic E-state index is 0.0987. The zero-order chi connectivity index (χ0) is 16.2. The van der Waals surface area contributed by atoms with E-state index in [-0.39, 0.29) is 12.1 Å². The van der Waals surface area contributed by atoms with Gasteiger partial charge in [0.15, 0.2) is 0 Å². The molecule has 1 aliphatic carbocycles. The third-order valence-corrected chi connectivity index (χ3v) is 3.74. The number of carbonyl (C=O) groups excluding carboxylic acids is 2. The Morgan fingerprint density at radius 1 is 1.23 bits per heavy atom. The highest BCUT2D eigenvalue weighted by atomic mass is 19.1. The van der Waals surface area contributed by atoms with Crippen molar-refractivity contribution >= 4 is 17.8 Å². The zero-order valence-corrected chi connectivity index (χ0v) is 11.9. The summed E-state index contributed by atoms with van der Waals surface area (Å²) in [5.74, 6) is -2.78. The summed E-state index contributed by atoms with van der Waals surface area (Å²) in [4.78, 5) is 34.9. The predicted octanol–water partition coefficient (Wildman–Crippen LogP) is 1.07. The van der Waals surface area contributed by atoms with Gasteiger partial charge in [-0.05, 0) is 31.0 Å². The summed E-state index contributed by atoms with van der Waals surface area (Å²) in [5.41, 5.74) is -1.14. The first-order valence-corrected chi connectivity index (χ1v) is 7.01. The van der Waals surface area contributed by atoms with Gasteiger partial charge in [0.25, 0.3) is 5.91 Å². The number of carboxylic acids is 1. The van der Waals surface area contributed by atoms with Gasteiger partial charge in [0.1, 0.15) is 11.4 Å². The maximum Gasteiger partial charge on any atom is 0.329 e.